The predicted molar refractivity (Wildman–Crippen MR) is 94.2 cm³/mol. The summed E-state index contributed by atoms with van der Waals surface area (Å²) in [7, 11) is -1.89. The molecule has 5 nitrogen and oxygen atoms in total. The van der Waals surface area contributed by atoms with Gasteiger partial charge in [-0.25, -0.2) is 9.97 Å². The Kier molecular flexibility index (Phi) is 5.40. The van der Waals surface area contributed by atoms with Crippen molar-refractivity contribution < 1.29 is 9.22 Å². The summed E-state index contributed by atoms with van der Waals surface area (Å²) >= 11 is 11.8. The van der Waals surface area contributed by atoms with Crippen LogP contribution < -0.4 is 0 Å². The molecule has 0 N–H and O–H groups in total. The zero-order chi connectivity index (χ0) is 17.4. The molecule has 0 aromatic carbocycles. The van der Waals surface area contributed by atoms with Gasteiger partial charge in [0.2, 0.25) is 11.2 Å². The van der Waals surface area contributed by atoms with E-state index < -0.39 is 8.32 Å². The van der Waals surface area contributed by atoms with Crippen molar-refractivity contribution >= 4 is 37.4 Å². The van der Waals surface area contributed by atoms with Gasteiger partial charge in [-0.1, -0.05) is 32.4 Å². The fraction of sp³-hybridized carbons (Fsp3) is 0.667. The molecule has 23 heavy (non-hydrogen) atoms. The number of amides is 1. The van der Waals surface area contributed by atoms with Gasteiger partial charge in [-0.05, 0) is 29.7 Å². The van der Waals surface area contributed by atoms with Gasteiger partial charge >= 0.3 is 0 Å². The van der Waals surface area contributed by atoms with E-state index in [1.807, 2.05) is 0 Å². The minimum absolute atomic E-state index is 0.0598. The molecule has 1 unspecified atom stereocenters. The van der Waals surface area contributed by atoms with E-state index in [1.54, 1.807) is 11.1 Å². The second-order valence-electron chi connectivity index (χ2n) is 7.43. The number of aromatic nitrogens is 2. The Bertz CT molecular complexity index is 605. The summed E-state index contributed by atoms with van der Waals surface area (Å²) in [5, 5.41) is 0.508. The van der Waals surface area contributed by atoms with Crippen molar-refractivity contribution in [1.82, 2.24) is 14.9 Å². The third-order valence-corrected chi connectivity index (χ3v) is 9.63. The molecule has 1 aromatic heterocycles. The molecule has 1 aromatic rings. The fourth-order valence-electron chi connectivity index (χ4n) is 2.24. The lowest BCUT2D eigenvalue weighted by Crippen LogP contribution is -2.44. The van der Waals surface area contributed by atoms with Crippen molar-refractivity contribution in [1.29, 1.82) is 0 Å². The van der Waals surface area contributed by atoms with E-state index in [-0.39, 0.29) is 27.5 Å². The molecule has 128 valence electrons. The maximum atomic E-state index is 12.3. The Morgan fingerprint density at radius 2 is 2.04 bits per heavy atom. The van der Waals surface area contributed by atoms with Gasteiger partial charge in [-0.2, -0.15) is 0 Å². The molecule has 0 radical (unpaired) electrons. The Balaban J connectivity index is 2.03. The Labute approximate surface area is 148 Å². The molecule has 0 bridgehead atoms. The normalized spacial score (nSPS) is 19.5. The Morgan fingerprint density at radius 3 is 2.61 bits per heavy atom. The van der Waals surface area contributed by atoms with Crippen molar-refractivity contribution in [2.24, 2.45) is 0 Å². The largest absolute Gasteiger partial charge is 0.412 e. The fourth-order valence-corrected chi connectivity index (χ4v) is 3.95. The van der Waals surface area contributed by atoms with Crippen molar-refractivity contribution in [3.63, 3.8) is 0 Å². The topological polar surface area (TPSA) is 55.3 Å². The van der Waals surface area contributed by atoms with Crippen LogP contribution in [0.1, 0.15) is 32.8 Å². The van der Waals surface area contributed by atoms with Crippen molar-refractivity contribution in [3.05, 3.63) is 22.2 Å². The molecule has 0 spiro atoms. The molecule has 8 heteroatoms. The van der Waals surface area contributed by atoms with Crippen LogP contribution in [0.5, 0.6) is 0 Å². The number of hydrogen-bond acceptors (Lipinski definition) is 4. The molecule has 2 heterocycles. The summed E-state index contributed by atoms with van der Waals surface area (Å²) in [5.41, 5.74) is 0.692. The summed E-state index contributed by atoms with van der Waals surface area (Å²) in [5.74, 6) is 0.0692. The second kappa shape index (κ2) is 6.67. The van der Waals surface area contributed by atoms with Crippen LogP contribution in [-0.2, 0) is 15.8 Å². The molecule has 0 aliphatic carbocycles. The highest BCUT2D eigenvalue weighted by Crippen LogP contribution is 2.38. The van der Waals surface area contributed by atoms with Gasteiger partial charge in [0.05, 0.1) is 19.1 Å². The summed E-state index contributed by atoms with van der Waals surface area (Å²) in [6.45, 7) is 11.9. The standard InChI is InChI=1S/C15H23Cl2N3O2Si/c1-15(2,3)23(4,5)22-11-6-12(21)20(9-11)8-10-7-18-14(17)19-13(10)16/h7,11H,6,8-9H2,1-5H3. The number of rotatable bonds is 4. The van der Waals surface area contributed by atoms with Crippen molar-refractivity contribution in [2.45, 2.75) is 58.0 Å². The smallest absolute Gasteiger partial charge is 0.225 e. The van der Waals surface area contributed by atoms with Gasteiger partial charge < -0.3 is 9.33 Å². The van der Waals surface area contributed by atoms with Gasteiger partial charge in [-0.15, -0.1) is 0 Å². The Hall–Kier alpha value is -0.693. The Morgan fingerprint density at radius 1 is 1.39 bits per heavy atom. The van der Waals surface area contributed by atoms with Crippen molar-refractivity contribution in [3.8, 4) is 0 Å². The third kappa shape index (κ3) is 4.44. The van der Waals surface area contributed by atoms with Crippen LogP contribution in [0.2, 0.25) is 28.6 Å². The first-order valence-corrected chi connectivity index (χ1v) is 11.3. The molecule has 0 saturated carbocycles. The number of carbonyl (C=O) groups excluding carboxylic acids is 1. The number of likely N-dealkylation sites (tertiary alicyclic amines) is 1. The highest BCUT2D eigenvalue weighted by Gasteiger charge is 2.42. The highest BCUT2D eigenvalue weighted by molar-refractivity contribution is 6.74. The average molecular weight is 376 g/mol. The molecular formula is C15H23Cl2N3O2Si. The van der Waals surface area contributed by atoms with Crippen molar-refractivity contribution in [2.75, 3.05) is 6.54 Å². The minimum atomic E-state index is -1.89. The van der Waals surface area contributed by atoms with Crippen LogP contribution in [0.3, 0.4) is 0 Å². The van der Waals surface area contributed by atoms with Crippen LogP contribution in [0.4, 0.5) is 0 Å². The molecule has 2 rings (SSSR count). The molecular weight excluding hydrogens is 353 g/mol. The van der Waals surface area contributed by atoms with E-state index in [0.29, 0.717) is 25.1 Å². The third-order valence-electron chi connectivity index (χ3n) is 4.59. The second-order valence-corrected chi connectivity index (χ2v) is 12.9. The van der Waals surface area contributed by atoms with Gasteiger partial charge in [0.25, 0.3) is 0 Å². The number of nitrogens with zero attached hydrogens (tertiary/aromatic N) is 3. The minimum Gasteiger partial charge on any atom is -0.412 e. The van der Waals surface area contributed by atoms with E-state index in [2.05, 4.69) is 43.8 Å². The zero-order valence-electron chi connectivity index (χ0n) is 14.2. The molecule has 1 aliphatic rings. The van der Waals surface area contributed by atoms with E-state index in [0.717, 1.165) is 0 Å². The first-order chi connectivity index (χ1) is 10.5. The van der Waals surface area contributed by atoms with Crippen LogP contribution >= 0.6 is 23.2 Å². The average Bonchev–Trinajstić information content (AvgIpc) is 2.71. The quantitative estimate of drug-likeness (QED) is 0.454. The molecule has 1 saturated heterocycles. The predicted octanol–water partition coefficient (Wildman–Crippen LogP) is 3.91. The lowest BCUT2D eigenvalue weighted by Gasteiger charge is -2.38. The lowest BCUT2D eigenvalue weighted by molar-refractivity contribution is -0.128. The van der Waals surface area contributed by atoms with Crippen LogP contribution in [0.25, 0.3) is 0 Å². The molecule has 1 fully saturated rings. The number of carbonyl (C=O) groups is 1. The molecule has 1 aliphatic heterocycles. The van der Waals surface area contributed by atoms with Gasteiger partial charge in [-0.3, -0.25) is 4.79 Å². The van der Waals surface area contributed by atoms with E-state index >= 15 is 0 Å². The van der Waals surface area contributed by atoms with E-state index in [1.165, 1.54) is 0 Å². The summed E-state index contributed by atoms with van der Waals surface area (Å²) in [4.78, 5) is 21.8. The van der Waals surface area contributed by atoms with Gasteiger partial charge in [0, 0.05) is 18.3 Å². The van der Waals surface area contributed by atoms with Crippen LogP contribution in [-0.4, -0.2) is 41.7 Å². The zero-order valence-corrected chi connectivity index (χ0v) is 16.7. The summed E-state index contributed by atoms with van der Waals surface area (Å²) in [6.07, 6.45) is 1.92. The van der Waals surface area contributed by atoms with E-state index in [4.69, 9.17) is 27.6 Å². The SMILES string of the molecule is CC(C)(C)[Si](C)(C)OC1CC(=O)N(Cc2cnc(Cl)nc2Cl)C1. The van der Waals surface area contributed by atoms with E-state index in [9.17, 15) is 4.79 Å². The van der Waals surface area contributed by atoms with Crippen LogP contribution in [0, 0.1) is 0 Å². The lowest BCUT2D eigenvalue weighted by atomic mass is 10.2. The number of halogens is 2. The monoisotopic (exact) mass is 375 g/mol. The summed E-state index contributed by atoms with van der Waals surface area (Å²) in [6, 6.07) is 0. The number of hydrogen-bond donors (Lipinski definition) is 0. The first kappa shape index (κ1) is 18.6. The molecule has 1 amide bonds. The maximum Gasteiger partial charge on any atom is 0.225 e. The van der Waals surface area contributed by atoms with Gasteiger partial charge in [0.1, 0.15) is 5.15 Å². The summed E-state index contributed by atoms with van der Waals surface area (Å²) < 4.78 is 6.34. The molecule has 1 atom stereocenters. The van der Waals surface area contributed by atoms with Crippen LogP contribution in [0.15, 0.2) is 6.20 Å². The first-order valence-electron chi connectivity index (χ1n) is 7.62. The van der Waals surface area contributed by atoms with Gasteiger partial charge in [0.15, 0.2) is 8.32 Å². The highest BCUT2D eigenvalue weighted by atomic mass is 35.5. The maximum absolute atomic E-state index is 12.3.